The Bertz CT molecular complexity index is 1680. The first kappa shape index (κ1) is 31.1. The Hall–Kier alpha value is -4.90. The van der Waals surface area contributed by atoms with E-state index < -0.39 is 24.0 Å². The van der Waals surface area contributed by atoms with E-state index in [0.717, 1.165) is 19.3 Å². The van der Waals surface area contributed by atoms with Gasteiger partial charge in [-0.1, -0.05) is 38.1 Å². The second-order valence-electron chi connectivity index (χ2n) is 12.1. The lowest BCUT2D eigenvalue weighted by molar-refractivity contribution is -0.120. The van der Waals surface area contributed by atoms with Crippen LogP contribution in [-0.4, -0.2) is 55.0 Å². The smallest absolute Gasteiger partial charge is 0.282 e. The molecule has 2 heterocycles. The third-order valence-corrected chi connectivity index (χ3v) is 9.08. The number of hydrogen-bond acceptors (Lipinski definition) is 8. The molecule has 2 fully saturated rings. The number of para-hydroxylation sites is 1. The highest BCUT2D eigenvalue weighted by molar-refractivity contribution is 6.22. The van der Waals surface area contributed by atoms with Gasteiger partial charge in [-0.2, -0.15) is 15.2 Å². The summed E-state index contributed by atoms with van der Waals surface area (Å²) in [5.41, 5.74) is 1.54. The largest absolute Gasteiger partial charge is 0.497 e. The molecule has 3 aliphatic rings. The summed E-state index contributed by atoms with van der Waals surface area (Å²) in [6, 6.07) is 21.5. The van der Waals surface area contributed by atoms with Gasteiger partial charge in [0.25, 0.3) is 17.7 Å². The first-order valence-corrected chi connectivity index (χ1v) is 15.7. The molecule has 0 aromatic heterocycles. The molecular formula is C35H38N6O5. The number of nitrogens with one attached hydrogen (secondary N) is 1. The van der Waals surface area contributed by atoms with Gasteiger partial charge in [-0.3, -0.25) is 14.4 Å². The number of ether oxygens (including phenoxy) is 2. The van der Waals surface area contributed by atoms with Crippen molar-refractivity contribution in [1.29, 1.82) is 0 Å². The number of carbonyl (C=O) groups is 3. The second-order valence-corrected chi connectivity index (χ2v) is 12.1. The molecule has 1 saturated carbocycles. The molecule has 11 heteroatoms. The molecule has 0 radical (unpaired) electrons. The first-order chi connectivity index (χ1) is 22.2. The Morgan fingerprint density at radius 3 is 2.54 bits per heavy atom. The molecular weight excluding hydrogens is 584 g/mol. The predicted molar refractivity (Wildman–Crippen MR) is 174 cm³/mol. The fourth-order valence-electron chi connectivity index (χ4n) is 6.43. The minimum Gasteiger partial charge on any atom is -0.497 e. The molecule has 3 amide bonds. The Balaban J connectivity index is 1.21. The van der Waals surface area contributed by atoms with Gasteiger partial charge in [-0.15, -0.1) is 5.10 Å². The van der Waals surface area contributed by atoms with E-state index in [-0.39, 0.29) is 17.3 Å². The van der Waals surface area contributed by atoms with Crippen LogP contribution in [0.4, 0.5) is 17.1 Å². The molecule has 1 N–H and O–H groups in total. The molecule has 1 saturated heterocycles. The number of methoxy groups -OCH3 is 1. The molecule has 3 aromatic rings. The summed E-state index contributed by atoms with van der Waals surface area (Å²) in [6.45, 7) is 6.74. The SMILES string of the molecule is CCN(C(=O)C1OC12CCC(C)CC2C)c1cccc(C(=O)NC2=NN(c3ccccc3)C(=O)C2N=Nc2ccc(OC)cc2)c1. The highest BCUT2D eigenvalue weighted by Crippen LogP contribution is 2.53. The molecule has 11 nitrogen and oxygen atoms in total. The number of rotatable bonds is 8. The van der Waals surface area contributed by atoms with Gasteiger partial charge in [-0.05, 0) is 92.6 Å². The average molecular weight is 623 g/mol. The summed E-state index contributed by atoms with van der Waals surface area (Å²) in [7, 11) is 1.57. The number of hydrazone groups is 1. The fourth-order valence-corrected chi connectivity index (χ4v) is 6.43. The van der Waals surface area contributed by atoms with Crippen LogP contribution in [0, 0.1) is 11.8 Å². The number of amides is 3. The van der Waals surface area contributed by atoms with Crippen LogP contribution < -0.4 is 20.0 Å². The van der Waals surface area contributed by atoms with E-state index in [1.807, 2.05) is 13.0 Å². The van der Waals surface area contributed by atoms with E-state index in [2.05, 4.69) is 34.5 Å². The maximum absolute atomic E-state index is 13.7. The molecule has 5 unspecified atom stereocenters. The number of amidine groups is 1. The van der Waals surface area contributed by atoms with Crippen LogP contribution in [0.1, 0.15) is 50.4 Å². The summed E-state index contributed by atoms with van der Waals surface area (Å²) in [5, 5.41) is 16.9. The van der Waals surface area contributed by atoms with Gasteiger partial charge in [0, 0.05) is 17.8 Å². The first-order valence-electron chi connectivity index (χ1n) is 15.7. The van der Waals surface area contributed by atoms with Crippen molar-refractivity contribution in [2.24, 2.45) is 27.2 Å². The summed E-state index contributed by atoms with van der Waals surface area (Å²) >= 11 is 0. The number of nitrogens with zero attached hydrogens (tertiary/aromatic N) is 5. The zero-order valence-electron chi connectivity index (χ0n) is 26.4. The quantitative estimate of drug-likeness (QED) is 0.248. The Morgan fingerprint density at radius 2 is 1.85 bits per heavy atom. The molecule has 2 aliphatic heterocycles. The molecule has 3 aromatic carbocycles. The van der Waals surface area contributed by atoms with Crippen LogP contribution in [0.25, 0.3) is 0 Å². The number of epoxide rings is 1. The fraction of sp³-hybridized carbons (Fsp3) is 0.371. The third kappa shape index (κ3) is 6.02. The van der Waals surface area contributed by atoms with Gasteiger partial charge in [0.1, 0.15) is 11.4 Å². The maximum Gasteiger partial charge on any atom is 0.282 e. The maximum atomic E-state index is 13.7. The van der Waals surface area contributed by atoms with Gasteiger partial charge in [0.15, 0.2) is 11.9 Å². The topological polar surface area (TPSA) is 129 Å². The minimum absolute atomic E-state index is 0.0405. The lowest BCUT2D eigenvalue weighted by Gasteiger charge is -2.31. The van der Waals surface area contributed by atoms with E-state index >= 15 is 0 Å². The van der Waals surface area contributed by atoms with Crippen molar-refractivity contribution in [3.8, 4) is 5.75 Å². The Morgan fingerprint density at radius 1 is 1.09 bits per heavy atom. The monoisotopic (exact) mass is 622 g/mol. The van der Waals surface area contributed by atoms with Gasteiger partial charge < -0.3 is 19.7 Å². The van der Waals surface area contributed by atoms with Crippen LogP contribution in [0.15, 0.2) is 94.2 Å². The summed E-state index contributed by atoms with van der Waals surface area (Å²) in [5.74, 6) is 0.588. The highest BCUT2D eigenvalue weighted by atomic mass is 16.6. The molecule has 1 spiro atoms. The number of anilines is 2. The number of benzene rings is 3. The van der Waals surface area contributed by atoms with E-state index in [4.69, 9.17) is 9.47 Å². The molecule has 6 rings (SSSR count). The second kappa shape index (κ2) is 12.8. The molecule has 1 aliphatic carbocycles. The third-order valence-electron chi connectivity index (χ3n) is 9.08. The van der Waals surface area contributed by atoms with Crippen LogP contribution in [0.3, 0.4) is 0 Å². The van der Waals surface area contributed by atoms with Crippen molar-refractivity contribution in [3.05, 3.63) is 84.4 Å². The van der Waals surface area contributed by atoms with E-state index in [1.165, 1.54) is 5.01 Å². The van der Waals surface area contributed by atoms with Crippen LogP contribution in [0.2, 0.25) is 0 Å². The zero-order valence-corrected chi connectivity index (χ0v) is 26.4. The van der Waals surface area contributed by atoms with Crippen molar-refractivity contribution in [2.75, 3.05) is 23.6 Å². The van der Waals surface area contributed by atoms with Crippen molar-refractivity contribution in [2.45, 2.75) is 57.8 Å². The number of carbonyl (C=O) groups excluding carboxylic acids is 3. The Labute approximate surface area is 268 Å². The molecule has 46 heavy (non-hydrogen) atoms. The van der Waals surface area contributed by atoms with Crippen LogP contribution in [-0.2, 0) is 14.3 Å². The Kier molecular flexibility index (Phi) is 8.68. The molecule has 0 bridgehead atoms. The van der Waals surface area contributed by atoms with Crippen molar-refractivity contribution in [1.82, 2.24) is 5.32 Å². The van der Waals surface area contributed by atoms with Gasteiger partial charge >= 0.3 is 0 Å². The van der Waals surface area contributed by atoms with Gasteiger partial charge in [0.05, 0.1) is 18.5 Å². The minimum atomic E-state index is -1.17. The number of likely N-dealkylation sites (N-methyl/N-ethyl adjacent to an activating group) is 1. The van der Waals surface area contributed by atoms with E-state index in [0.29, 0.717) is 46.8 Å². The number of hydrogen-bond donors (Lipinski definition) is 1. The standard InChI is InChI=1S/C35H38N6O5/c1-5-40(34(44)30-35(46-30)19-18-22(2)20-23(35)3)27-13-9-10-24(21-27)32(42)36-31-29(38-37-25-14-16-28(45-4)17-15-25)33(43)41(39-31)26-11-7-6-8-12-26/h6-17,21-23,29-30H,5,18-20H2,1-4H3,(H,36,39,42). The lowest BCUT2D eigenvalue weighted by Crippen LogP contribution is -2.41. The zero-order chi connectivity index (χ0) is 32.4. The van der Waals surface area contributed by atoms with Gasteiger partial charge in [-0.25, -0.2) is 0 Å². The highest BCUT2D eigenvalue weighted by Gasteiger charge is 2.65. The van der Waals surface area contributed by atoms with E-state index in [1.54, 1.807) is 84.8 Å². The van der Waals surface area contributed by atoms with Crippen molar-refractivity contribution >= 4 is 40.6 Å². The van der Waals surface area contributed by atoms with Crippen molar-refractivity contribution < 1.29 is 23.9 Å². The summed E-state index contributed by atoms with van der Waals surface area (Å²) < 4.78 is 11.3. The normalized spacial score (nSPS) is 25.4. The van der Waals surface area contributed by atoms with E-state index in [9.17, 15) is 14.4 Å². The van der Waals surface area contributed by atoms with Crippen LogP contribution in [0.5, 0.6) is 5.75 Å². The van der Waals surface area contributed by atoms with Gasteiger partial charge in [0.2, 0.25) is 6.04 Å². The average Bonchev–Trinajstić information content (AvgIpc) is 3.73. The number of azo groups is 1. The molecule has 238 valence electrons. The summed E-state index contributed by atoms with van der Waals surface area (Å²) in [4.78, 5) is 42.4. The summed E-state index contributed by atoms with van der Waals surface area (Å²) in [6.07, 6.45) is 2.49. The van der Waals surface area contributed by atoms with Crippen LogP contribution >= 0.6 is 0 Å². The van der Waals surface area contributed by atoms with Crippen molar-refractivity contribution in [3.63, 3.8) is 0 Å². The lowest BCUT2D eigenvalue weighted by atomic mass is 9.73. The molecule has 5 atom stereocenters. The predicted octanol–water partition coefficient (Wildman–Crippen LogP) is 5.88.